The van der Waals surface area contributed by atoms with Crippen LogP contribution in [0.1, 0.15) is 32.2 Å². The van der Waals surface area contributed by atoms with Gasteiger partial charge in [0.05, 0.1) is 12.1 Å². The molecule has 0 bridgehead atoms. The van der Waals surface area contributed by atoms with E-state index in [1.807, 2.05) is 48.7 Å². The molecule has 1 aromatic heterocycles. The molecule has 3 rings (SSSR count). The van der Waals surface area contributed by atoms with Gasteiger partial charge in [0, 0.05) is 31.6 Å². The molecule has 7 heteroatoms. The summed E-state index contributed by atoms with van der Waals surface area (Å²) in [6.45, 7) is 2.89. The van der Waals surface area contributed by atoms with Crippen molar-refractivity contribution >= 4 is 23.2 Å². The molecule has 1 heterocycles. The normalized spacial score (nSPS) is 10.5. The van der Waals surface area contributed by atoms with Gasteiger partial charge in [0.2, 0.25) is 5.91 Å². The number of likely N-dealkylation sites (N-methyl/N-ethyl adjacent to an activating group) is 1. The van der Waals surface area contributed by atoms with Gasteiger partial charge in [-0.2, -0.15) is 0 Å². The zero-order valence-corrected chi connectivity index (χ0v) is 18.2. The number of carbonyl (C=O) groups excluding carboxylic acids is 2. The first-order valence-corrected chi connectivity index (χ1v) is 10.5. The molecular weight excluding hydrogens is 398 g/mol. The molecule has 0 saturated heterocycles. The first kappa shape index (κ1) is 21.5. The maximum atomic E-state index is 12.6. The average Bonchev–Trinajstić information content (AvgIpc) is 3.20. The van der Waals surface area contributed by atoms with Crippen LogP contribution in [-0.4, -0.2) is 35.8 Å². The van der Waals surface area contributed by atoms with Crippen molar-refractivity contribution in [3.63, 3.8) is 0 Å². The Hall–Kier alpha value is -3.19. The molecule has 2 amide bonds. The van der Waals surface area contributed by atoms with Crippen molar-refractivity contribution in [3.05, 3.63) is 81.3 Å². The van der Waals surface area contributed by atoms with E-state index in [9.17, 15) is 9.59 Å². The van der Waals surface area contributed by atoms with Crippen molar-refractivity contribution in [2.24, 2.45) is 0 Å². The lowest BCUT2D eigenvalue weighted by atomic mass is 10.1. The predicted octanol–water partition coefficient (Wildman–Crippen LogP) is 3.59. The number of hydrogen-bond donors (Lipinski definition) is 1. The maximum Gasteiger partial charge on any atom is 0.251 e. The summed E-state index contributed by atoms with van der Waals surface area (Å²) in [7, 11) is 3.37. The summed E-state index contributed by atoms with van der Waals surface area (Å²) in [6, 6.07) is 15.1. The Balaban J connectivity index is 1.50. The van der Waals surface area contributed by atoms with Gasteiger partial charge >= 0.3 is 0 Å². The highest BCUT2D eigenvalue weighted by Gasteiger charge is 2.13. The summed E-state index contributed by atoms with van der Waals surface area (Å²) in [4.78, 5) is 30.3. The second-order valence-corrected chi connectivity index (χ2v) is 7.98. The number of rotatable bonds is 8. The van der Waals surface area contributed by atoms with Crippen LogP contribution < -0.4 is 10.1 Å². The molecule has 156 valence electrons. The molecule has 0 fully saturated rings. The predicted molar refractivity (Wildman–Crippen MR) is 118 cm³/mol. The molecule has 0 unspecified atom stereocenters. The Labute approximate surface area is 180 Å². The number of thiazole rings is 1. The van der Waals surface area contributed by atoms with Gasteiger partial charge in [0.15, 0.2) is 0 Å². The molecule has 0 aliphatic heterocycles. The first-order chi connectivity index (χ1) is 14.4. The highest BCUT2D eigenvalue weighted by Crippen LogP contribution is 2.17. The van der Waals surface area contributed by atoms with Crippen LogP contribution in [0.25, 0.3) is 0 Å². The maximum absolute atomic E-state index is 12.6. The van der Waals surface area contributed by atoms with Crippen LogP contribution in [0, 0.1) is 6.92 Å². The zero-order chi connectivity index (χ0) is 21.5. The monoisotopic (exact) mass is 423 g/mol. The van der Waals surface area contributed by atoms with Gasteiger partial charge in [0.25, 0.3) is 5.91 Å². The van der Waals surface area contributed by atoms with Crippen LogP contribution >= 0.6 is 11.3 Å². The molecule has 0 radical (unpaired) electrons. The van der Waals surface area contributed by atoms with E-state index in [0.717, 1.165) is 22.0 Å². The van der Waals surface area contributed by atoms with Crippen LogP contribution in [0.15, 0.2) is 53.9 Å². The molecule has 6 nitrogen and oxygen atoms in total. The number of aromatic nitrogens is 1. The molecule has 2 aromatic carbocycles. The molecular formula is C23H25N3O3S. The number of nitrogens with zero attached hydrogens (tertiary/aromatic N) is 2. The molecule has 1 N–H and O–H groups in total. The van der Waals surface area contributed by atoms with Gasteiger partial charge in [-0.25, -0.2) is 4.98 Å². The summed E-state index contributed by atoms with van der Waals surface area (Å²) in [6.07, 6.45) is 0.244. The van der Waals surface area contributed by atoms with Gasteiger partial charge in [0.1, 0.15) is 17.4 Å². The van der Waals surface area contributed by atoms with E-state index in [-0.39, 0.29) is 18.2 Å². The second kappa shape index (κ2) is 10.0. The third-order valence-electron chi connectivity index (χ3n) is 4.60. The van der Waals surface area contributed by atoms with Crippen molar-refractivity contribution in [1.29, 1.82) is 0 Å². The van der Waals surface area contributed by atoms with Gasteiger partial charge in [-0.1, -0.05) is 29.8 Å². The minimum Gasteiger partial charge on any atom is -0.486 e. The highest BCUT2D eigenvalue weighted by atomic mass is 32.1. The highest BCUT2D eigenvalue weighted by molar-refractivity contribution is 7.09. The Morgan fingerprint density at radius 2 is 1.80 bits per heavy atom. The second-order valence-electron chi connectivity index (χ2n) is 7.04. The van der Waals surface area contributed by atoms with Crippen LogP contribution in [0.2, 0.25) is 0 Å². The van der Waals surface area contributed by atoms with Gasteiger partial charge in [-0.05, 0) is 36.8 Å². The number of ether oxygens (including phenoxy) is 1. The van der Waals surface area contributed by atoms with E-state index in [1.54, 1.807) is 31.1 Å². The van der Waals surface area contributed by atoms with E-state index in [2.05, 4.69) is 10.3 Å². The molecule has 0 saturated carbocycles. The standard InChI is InChI=1S/C23H25N3O3S/c1-16-4-10-20(11-5-16)29-14-21-25-19(15-30-21)12-22(27)26(3)13-17-6-8-18(9-7-17)23(28)24-2/h4-11,15H,12-14H2,1-3H3,(H,24,28). The minimum atomic E-state index is -0.128. The minimum absolute atomic E-state index is 0.0123. The SMILES string of the molecule is CNC(=O)c1ccc(CN(C)C(=O)Cc2csc(COc3ccc(C)cc3)n2)cc1. The number of nitrogens with one attached hydrogen (secondary N) is 1. The number of amides is 2. The molecule has 0 aliphatic carbocycles. The van der Waals surface area contributed by atoms with Crippen molar-refractivity contribution in [2.75, 3.05) is 14.1 Å². The van der Waals surface area contributed by atoms with Crippen LogP contribution in [0.3, 0.4) is 0 Å². The molecule has 0 aliphatic rings. The van der Waals surface area contributed by atoms with Crippen molar-refractivity contribution in [1.82, 2.24) is 15.2 Å². The summed E-state index contributed by atoms with van der Waals surface area (Å²) in [5, 5.41) is 5.33. The van der Waals surface area contributed by atoms with E-state index in [4.69, 9.17) is 4.74 Å². The lowest BCUT2D eigenvalue weighted by Crippen LogP contribution is -2.28. The average molecular weight is 424 g/mol. The number of aryl methyl sites for hydroxylation is 1. The summed E-state index contributed by atoms with van der Waals surface area (Å²) in [5.41, 5.74) is 3.49. The van der Waals surface area contributed by atoms with Gasteiger partial charge < -0.3 is 15.0 Å². The summed E-state index contributed by atoms with van der Waals surface area (Å²) >= 11 is 1.49. The Morgan fingerprint density at radius 3 is 2.47 bits per heavy atom. The Bertz CT molecular complexity index is 997. The van der Waals surface area contributed by atoms with Crippen molar-refractivity contribution < 1.29 is 14.3 Å². The third kappa shape index (κ3) is 5.90. The Morgan fingerprint density at radius 1 is 1.10 bits per heavy atom. The van der Waals surface area contributed by atoms with Crippen LogP contribution in [0.4, 0.5) is 0 Å². The molecule has 0 atom stereocenters. The molecule has 3 aromatic rings. The number of carbonyl (C=O) groups is 2. The van der Waals surface area contributed by atoms with Crippen LogP contribution in [0.5, 0.6) is 5.75 Å². The summed E-state index contributed by atoms with van der Waals surface area (Å²) < 4.78 is 5.75. The lowest BCUT2D eigenvalue weighted by molar-refractivity contribution is -0.129. The topological polar surface area (TPSA) is 71.5 Å². The zero-order valence-electron chi connectivity index (χ0n) is 17.3. The first-order valence-electron chi connectivity index (χ1n) is 9.62. The van der Waals surface area contributed by atoms with E-state index in [1.165, 1.54) is 16.9 Å². The van der Waals surface area contributed by atoms with Gasteiger partial charge in [-0.15, -0.1) is 11.3 Å². The number of hydrogen-bond acceptors (Lipinski definition) is 5. The fourth-order valence-corrected chi connectivity index (χ4v) is 3.54. The van der Waals surface area contributed by atoms with E-state index >= 15 is 0 Å². The fraction of sp³-hybridized carbons (Fsp3) is 0.261. The van der Waals surface area contributed by atoms with Gasteiger partial charge in [-0.3, -0.25) is 9.59 Å². The molecule has 30 heavy (non-hydrogen) atoms. The number of benzene rings is 2. The summed E-state index contributed by atoms with van der Waals surface area (Å²) in [5.74, 6) is 0.661. The lowest BCUT2D eigenvalue weighted by Gasteiger charge is -2.17. The smallest absolute Gasteiger partial charge is 0.251 e. The Kier molecular flexibility index (Phi) is 7.19. The van der Waals surface area contributed by atoms with Crippen molar-refractivity contribution in [3.8, 4) is 5.75 Å². The molecule has 0 spiro atoms. The quantitative estimate of drug-likeness (QED) is 0.601. The van der Waals surface area contributed by atoms with E-state index in [0.29, 0.717) is 18.7 Å². The van der Waals surface area contributed by atoms with Crippen LogP contribution in [-0.2, 0) is 24.4 Å². The third-order valence-corrected chi connectivity index (χ3v) is 5.47. The fourth-order valence-electron chi connectivity index (χ4n) is 2.83. The van der Waals surface area contributed by atoms with Crippen molar-refractivity contribution in [2.45, 2.75) is 26.5 Å². The largest absolute Gasteiger partial charge is 0.486 e. The van der Waals surface area contributed by atoms with E-state index < -0.39 is 0 Å².